The highest BCUT2D eigenvalue weighted by molar-refractivity contribution is 6.04. The van der Waals surface area contributed by atoms with Gasteiger partial charge in [0.05, 0.1) is 5.39 Å². The van der Waals surface area contributed by atoms with Crippen molar-refractivity contribution in [2.75, 3.05) is 0 Å². The van der Waals surface area contributed by atoms with Crippen LogP contribution >= 0.6 is 0 Å². The fraction of sp³-hybridized carbons (Fsp3) is 0.0571. The third-order valence-electron chi connectivity index (χ3n) is 7.00. The molecule has 0 unspecified atom stereocenters. The summed E-state index contributed by atoms with van der Waals surface area (Å²) in [6.07, 6.45) is 2.18. The topological polar surface area (TPSA) is 96.1 Å². The third kappa shape index (κ3) is 6.69. The summed E-state index contributed by atoms with van der Waals surface area (Å²) in [7, 11) is -2.83. The van der Waals surface area contributed by atoms with Gasteiger partial charge in [-0.1, -0.05) is 103 Å². The second kappa shape index (κ2) is 12.0. The molecule has 0 N–H and O–H groups in total. The molecule has 0 spiro atoms. The molecule has 0 bridgehead atoms. The van der Waals surface area contributed by atoms with Gasteiger partial charge in [-0.3, -0.25) is 0 Å². The first-order valence-corrected chi connectivity index (χ1v) is 14.3. The van der Waals surface area contributed by atoms with Gasteiger partial charge >= 0.3 is 0 Å². The Hall–Kier alpha value is -4.36. The average molecular weight is 562 g/mol. The SMILES string of the molecule is Cc1ccc(-c2cc(-c3ccccc3)c(-c3cc[n+](C)c4ccccc34)c(-c3ccccc3)c2)cc1.[O-][Cl+3]([O-])([O-])[O-]. The smallest absolute Gasteiger partial charge is 0.212 e. The lowest BCUT2D eigenvalue weighted by Gasteiger charge is -2.20. The lowest BCUT2D eigenvalue weighted by atomic mass is 9.84. The lowest BCUT2D eigenvalue weighted by molar-refractivity contribution is -2.00. The lowest BCUT2D eigenvalue weighted by Crippen LogP contribution is -2.68. The number of aromatic nitrogens is 1. The molecule has 0 aliphatic rings. The van der Waals surface area contributed by atoms with Crippen LogP contribution in [0.2, 0.25) is 0 Å². The van der Waals surface area contributed by atoms with Crippen molar-refractivity contribution in [1.29, 1.82) is 0 Å². The normalized spacial score (nSPS) is 11.2. The fourth-order valence-corrected chi connectivity index (χ4v) is 5.12. The molecule has 0 atom stereocenters. The van der Waals surface area contributed by atoms with Crippen molar-refractivity contribution < 1.29 is 33.4 Å². The molecule has 6 rings (SSSR count). The molecule has 0 radical (unpaired) electrons. The first kappa shape index (κ1) is 28.2. The Kier molecular flexibility index (Phi) is 8.26. The number of halogens is 1. The number of para-hydroxylation sites is 1. The van der Waals surface area contributed by atoms with Gasteiger partial charge < -0.3 is 0 Å². The molecule has 6 heteroatoms. The number of aryl methyl sites for hydroxylation is 2. The van der Waals surface area contributed by atoms with Crippen LogP contribution in [0.3, 0.4) is 0 Å². The molecule has 5 aromatic carbocycles. The van der Waals surface area contributed by atoms with Gasteiger partial charge in [0.25, 0.3) is 0 Å². The fourth-order valence-electron chi connectivity index (χ4n) is 5.12. The van der Waals surface area contributed by atoms with Crippen LogP contribution in [0.15, 0.2) is 134 Å². The van der Waals surface area contributed by atoms with E-state index >= 15 is 0 Å². The molecule has 0 aliphatic carbocycles. The minimum Gasteiger partial charge on any atom is -0.222 e. The molecule has 5 nitrogen and oxygen atoms in total. The first-order chi connectivity index (χ1) is 19.7. The second-order valence-corrected chi connectivity index (χ2v) is 10.5. The highest BCUT2D eigenvalue weighted by Crippen LogP contribution is 2.44. The van der Waals surface area contributed by atoms with Crippen LogP contribution in [0.5, 0.6) is 0 Å². The molecular weight excluding hydrogens is 534 g/mol. The second-order valence-electron chi connectivity index (χ2n) is 9.78. The van der Waals surface area contributed by atoms with Crippen molar-refractivity contribution in [3.05, 3.63) is 139 Å². The van der Waals surface area contributed by atoms with E-state index in [0.29, 0.717) is 0 Å². The van der Waals surface area contributed by atoms with Gasteiger partial charge in [0, 0.05) is 17.7 Å². The van der Waals surface area contributed by atoms with Crippen LogP contribution in [0.25, 0.3) is 55.4 Å². The molecular formula is C35H28ClNO4. The largest absolute Gasteiger partial charge is 0.222 e. The zero-order valence-corrected chi connectivity index (χ0v) is 23.4. The monoisotopic (exact) mass is 561 g/mol. The number of hydrogen-bond donors (Lipinski definition) is 0. The summed E-state index contributed by atoms with van der Waals surface area (Å²) >= 11 is 0. The van der Waals surface area contributed by atoms with Crippen LogP contribution in [0, 0.1) is 17.2 Å². The number of benzene rings is 5. The Labute approximate surface area is 241 Å². The van der Waals surface area contributed by atoms with Gasteiger partial charge in [-0.15, -0.1) is 10.2 Å². The molecule has 41 heavy (non-hydrogen) atoms. The average Bonchev–Trinajstić information content (AvgIpc) is 2.97. The van der Waals surface area contributed by atoms with Gasteiger partial charge in [-0.05, 0) is 64.1 Å². The van der Waals surface area contributed by atoms with Gasteiger partial charge in [0.15, 0.2) is 6.20 Å². The Morgan fingerprint density at radius 3 is 1.54 bits per heavy atom. The van der Waals surface area contributed by atoms with E-state index in [0.717, 1.165) is 0 Å². The van der Waals surface area contributed by atoms with Crippen LogP contribution in [-0.4, -0.2) is 0 Å². The zero-order valence-electron chi connectivity index (χ0n) is 22.7. The van der Waals surface area contributed by atoms with Crippen LogP contribution in [0.1, 0.15) is 5.56 Å². The standard InChI is InChI=1S/C35H28N.ClHO4/c1-25-17-19-26(20-18-25)29-23-32(27-11-5-3-6-12-27)35(33(24-29)28-13-7-4-8-14-28)31-21-22-36(2)34-16-10-9-15-30(31)34;2-1(3,4)5/h3-24H,1-2H3;(H,2,3,4,5)/q+1;/p-1. The number of rotatable bonds is 4. The molecule has 0 aliphatic heterocycles. The van der Waals surface area contributed by atoms with E-state index in [1.165, 1.54) is 61.0 Å². The maximum absolute atomic E-state index is 8.49. The van der Waals surface area contributed by atoms with Crippen molar-refractivity contribution in [1.82, 2.24) is 0 Å². The summed E-state index contributed by atoms with van der Waals surface area (Å²) in [5.41, 5.74) is 12.4. The van der Waals surface area contributed by atoms with Crippen molar-refractivity contribution >= 4 is 10.9 Å². The van der Waals surface area contributed by atoms with Gasteiger partial charge in [-0.25, -0.2) is 23.2 Å². The minimum atomic E-state index is -4.94. The summed E-state index contributed by atoms with van der Waals surface area (Å²) in [6, 6.07) is 46.1. The summed E-state index contributed by atoms with van der Waals surface area (Å²) in [4.78, 5) is 0. The molecule has 0 fully saturated rings. The molecule has 6 aromatic rings. The molecule has 1 heterocycles. The number of fused-ring (bicyclic) bond motifs is 1. The highest BCUT2D eigenvalue weighted by atomic mass is 35.7. The maximum atomic E-state index is 8.49. The highest BCUT2D eigenvalue weighted by Gasteiger charge is 2.20. The van der Waals surface area contributed by atoms with E-state index < -0.39 is 10.2 Å². The van der Waals surface area contributed by atoms with E-state index in [4.69, 9.17) is 18.6 Å². The van der Waals surface area contributed by atoms with E-state index in [-0.39, 0.29) is 0 Å². The van der Waals surface area contributed by atoms with Crippen molar-refractivity contribution in [2.45, 2.75) is 6.92 Å². The van der Waals surface area contributed by atoms with E-state index in [9.17, 15) is 0 Å². The first-order valence-electron chi connectivity index (χ1n) is 13.0. The Morgan fingerprint density at radius 1 is 0.512 bits per heavy atom. The van der Waals surface area contributed by atoms with Crippen molar-refractivity contribution in [3.63, 3.8) is 0 Å². The van der Waals surface area contributed by atoms with Crippen molar-refractivity contribution in [2.24, 2.45) is 7.05 Å². The van der Waals surface area contributed by atoms with Gasteiger partial charge in [0.1, 0.15) is 7.05 Å². The number of pyridine rings is 1. The molecule has 0 amide bonds. The predicted octanol–water partition coefficient (Wildman–Crippen LogP) is 3.88. The number of hydrogen-bond acceptors (Lipinski definition) is 4. The minimum absolute atomic E-state index is 1.22. The molecule has 0 saturated heterocycles. The summed E-state index contributed by atoms with van der Waals surface area (Å²) in [5, 5.41) is 1.25. The quantitative estimate of drug-likeness (QED) is 0.305. The predicted molar refractivity (Wildman–Crippen MR) is 152 cm³/mol. The molecule has 204 valence electrons. The van der Waals surface area contributed by atoms with Crippen LogP contribution < -0.4 is 23.2 Å². The van der Waals surface area contributed by atoms with E-state index in [1.807, 2.05) is 0 Å². The van der Waals surface area contributed by atoms with Gasteiger partial charge in [0.2, 0.25) is 5.52 Å². The van der Waals surface area contributed by atoms with E-state index in [2.05, 4.69) is 152 Å². The summed E-state index contributed by atoms with van der Waals surface area (Å²) in [6.45, 7) is 2.14. The Bertz CT molecular complexity index is 1720. The van der Waals surface area contributed by atoms with Crippen LogP contribution in [0.4, 0.5) is 0 Å². The Morgan fingerprint density at radius 2 is 1.00 bits per heavy atom. The molecule has 1 aromatic heterocycles. The zero-order chi connectivity index (χ0) is 29.0. The maximum Gasteiger partial charge on any atom is 0.212 e. The summed E-state index contributed by atoms with van der Waals surface area (Å²) < 4.78 is 36.2. The van der Waals surface area contributed by atoms with Crippen molar-refractivity contribution in [3.8, 4) is 44.5 Å². The Balaban J connectivity index is 0.000000623. The van der Waals surface area contributed by atoms with Crippen LogP contribution in [-0.2, 0) is 7.05 Å². The van der Waals surface area contributed by atoms with E-state index in [1.54, 1.807) is 0 Å². The summed E-state index contributed by atoms with van der Waals surface area (Å²) in [5.74, 6) is 0. The molecule has 0 saturated carbocycles. The number of nitrogens with zero attached hydrogens (tertiary/aromatic N) is 1. The van der Waals surface area contributed by atoms with Gasteiger partial charge in [-0.2, -0.15) is 0 Å². The third-order valence-corrected chi connectivity index (χ3v) is 7.00.